The Morgan fingerprint density at radius 1 is 1.31 bits per heavy atom. The highest BCUT2D eigenvalue weighted by molar-refractivity contribution is 6.31. The minimum absolute atomic E-state index is 0.103. The van der Waals surface area contributed by atoms with Gasteiger partial charge in [-0.15, -0.1) is 0 Å². The zero-order valence-electron chi connectivity index (χ0n) is 9.33. The molecule has 1 aliphatic rings. The van der Waals surface area contributed by atoms with E-state index in [1.807, 2.05) is 19.1 Å². The largest absolute Gasteiger partial charge is 0.381 e. The standard InChI is InChI=1S/C13H15ClO2/c1-9-6-11(8-12(14)7-9)13(15)10-2-4-16-5-3-10/h6-8,10H,2-5H2,1H3. The summed E-state index contributed by atoms with van der Waals surface area (Å²) < 4.78 is 5.25. The summed E-state index contributed by atoms with van der Waals surface area (Å²) in [5, 5.41) is 0.635. The molecule has 2 nitrogen and oxygen atoms in total. The molecule has 0 unspecified atom stereocenters. The van der Waals surface area contributed by atoms with Crippen LogP contribution < -0.4 is 0 Å². The molecule has 16 heavy (non-hydrogen) atoms. The van der Waals surface area contributed by atoms with Gasteiger partial charge in [-0.3, -0.25) is 4.79 Å². The monoisotopic (exact) mass is 238 g/mol. The molecule has 3 heteroatoms. The molecule has 0 spiro atoms. The zero-order chi connectivity index (χ0) is 11.5. The average Bonchev–Trinajstić information content (AvgIpc) is 2.28. The van der Waals surface area contributed by atoms with E-state index in [4.69, 9.17) is 16.3 Å². The van der Waals surface area contributed by atoms with Gasteiger partial charge in [0.2, 0.25) is 0 Å². The summed E-state index contributed by atoms with van der Waals surface area (Å²) >= 11 is 5.96. The number of rotatable bonds is 2. The Hall–Kier alpha value is -0.860. The lowest BCUT2D eigenvalue weighted by Gasteiger charge is -2.21. The molecular formula is C13H15ClO2. The SMILES string of the molecule is Cc1cc(Cl)cc(C(=O)C2CCOCC2)c1. The van der Waals surface area contributed by atoms with Crippen molar-refractivity contribution in [2.75, 3.05) is 13.2 Å². The molecule has 0 saturated carbocycles. The van der Waals surface area contributed by atoms with Gasteiger partial charge in [0, 0.05) is 29.7 Å². The van der Waals surface area contributed by atoms with Gasteiger partial charge in [-0.1, -0.05) is 11.6 Å². The van der Waals surface area contributed by atoms with Crippen LogP contribution in [-0.4, -0.2) is 19.0 Å². The summed E-state index contributed by atoms with van der Waals surface area (Å²) in [4.78, 5) is 12.2. The molecule has 1 heterocycles. The van der Waals surface area contributed by atoms with Crippen molar-refractivity contribution in [2.24, 2.45) is 5.92 Å². The summed E-state index contributed by atoms with van der Waals surface area (Å²) in [5.74, 6) is 0.306. The molecule has 0 bridgehead atoms. The quantitative estimate of drug-likeness (QED) is 0.740. The van der Waals surface area contributed by atoms with Crippen LogP contribution in [0.1, 0.15) is 28.8 Å². The fraction of sp³-hybridized carbons (Fsp3) is 0.462. The second kappa shape index (κ2) is 4.98. The molecule has 0 N–H and O–H groups in total. The first-order chi connectivity index (χ1) is 7.66. The van der Waals surface area contributed by atoms with Crippen molar-refractivity contribution in [3.05, 3.63) is 34.3 Å². The van der Waals surface area contributed by atoms with Crippen LogP contribution in [0.2, 0.25) is 5.02 Å². The van der Waals surface area contributed by atoms with E-state index in [0.29, 0.717) is 18.2 Å². The maximum absolute atomic E-state index is 12.2. The predicted molar refractivity (Wildman–Crippen MR) is 64.1 cm³/mol. The molecular weight excluding hydrogens is 224 g/mol. The molecule has 1 fully saturated rings. The summed E-state index contributed by atoms with van der Waals surface area (Å²) in [6.07, 6.45) is 1.65. The predicted octanol–water partition coefficient (Wildman–Crippen LogP) is 3.26. The number of carbonyl (C=O) groups excluding carboxylic acids is 1. The van der Waals surface area contributed by atoms with Gasteiger partial charge in [-0.25, -0.2) is 0 Å². The third kappa shape index (κ3) is 2.63. The van der Waals surface area contributed by atoms with Crippen molar-refractivity contribution in [1.29, 1.82) is 0 Å². The normalized spacial score (nSPS) is 17.4. The van der Waals surface area contributed by atoms with Gasteiger partial charge >= 0.3 is 0 Å². The fourth-order valence-corrected chi connectivity index (χ4v) is 2.36. The van der Waals surface area contributed by atoms with Crippen LogP contribution in [0.25, 0.3) is 0 Å². The Bertz CT molecular complexity index is 375. The summed E-state index contributed by atoms with van der Waals surface area (Å²) in [7, 11) is 0. The number of ether oxygens (including phenoxy) is 1. The molecule has 2 rings (SSSR count). The maximum atomic E-state index is 12.2. The minimum Gasteiger partial charge on any atom is -0.381 e. The number of hydrogen-bond donors (Lipinski definition) is 0. The summed E-state index contributed by atoms with van der Waals surface area (Å²) in [6, 6.07) is 5.53. The first-order valence-electron chi connectivity index (χ1n) is 5.56. The summed E-state index contributed by atoms with van der Waals surface area (Å²) in [6.45, 7) is 3.33. The van der Waals surface area contributed by atoms with Crippen molar-refractivity contribution in [1.82, 2.24) is 0 Å². The van der Waals surface area contributed by atoms with E-state index in [1.165, 1.54) is 0 Å². The smallest absolute Gasteiger partial charge is 0.166 e. The van der Waals surface area contributed by atoms with Gasteiger partial charge in [0.25, 0.3) is 0 Å². The Labute approximate surface area is 101 Å². The number of aryl methyl sites for hydroxylation is 1. The number of carbonyl (C=O) groups is 1. The van der Waals surface area contributed by atoms with E-state index >= 15 is 0 Å². The molecule has 1 aromatic carbocycles. The lowest BCUT2D eigenvalue weighted by molar-refractivity contribution is 0.0545. The highest BCUT2D eigenvalue weighted by Crippen LogP contribution is 2.23. The molecule has 0 amide bonds. The van der Waals surface area contributed by atoms with Crippen LogP contribution in [0.4, 0.5) is 0 Å². The van der Waals surface area contributed by atoms with E-state index in [2.05, 4.69) is 0 Å². The van der Waals surface area contributed by atoms with Crippen LogP contribution in [0.15, 0.2) is 18.2 Å². The number of Topliss-reactive ketones (excluding diaryl/α,β-unsaturated/α-hetero) is 1. The molecule has 1 saturated heterocycles. The number of hydrogen-bond acceptors (Lipinski definition) is 2. The van der Waals surface area contributed by atoms with Crippen molar-refractivity contribution < 1.29 is 9.53 Å². The van der Waals surface area contributed by atoms with E-state index in [1.54, 1.807) is 6.07 Å². The molecule has 0 atom stereocenters. The summed E-state index contributed by atoms with van der Waals surface area (Å²) in [5.41, 5.74) is 1.76. The third-order valence-electron chi connectivity index (χ3n) is 2.92. The Kier molecular flexibility index (Phi) is 3.62. The van der Waals surface area contributed by atoms with Crippen molar-refractivity contribution in [3.8, 4) is 0 Å². The Morgan fingerprint density at radius 3 is 2.62 bits per heavy atom. The van der Waals surface area contributed by atoms with Crippen LogP contribution in [0, 0.1) is 12.8 Å². The second-order valence-corrected chi connectivity index (χ2v) is 4.70. The molecule has 1 aromatic rings. The fourth-order valence-electron chi connectivity index (χ4n) is 2.07. The molecule has 1 aliphatic heterocycles. The lowest BCUT2D eigenvalue weighted by Crippen LogP contribution is -2.23. The first kappa shape index (κ1) is 11.6. The van der Waals surface area contributed by atoms with Crippen LogP contribution in [-0.2, 0) is 4.74 Å². The average molecular weight is 239 g/mol. The van der Waals surface area contributed by atoms with E-state index in [-0.39, 0.29) is 11.7 Å². The Morgan fingerprint density at radius 2 is 2.00 bits per heavy atom. The van der Waals surface area contributed by atoms with Crippen molar-refractivity contribution >= 4 is 17.4 Å². The van der Waals surface area contributed by atoms with E-state index in [9.17, 15) is 4.79 Å². The zero-order valence-corrected chi connectivity index (χ0v) is 10.1. The number of benzene rings is 1. The lowest BCUT2D eigenvalue weighted by atomic mass is 9.90. The Balaban J connectivity index is 2.19. The van der Waals surface area contributed by atoms with Gasteiger partial charge in [-0.05, 0) is 43.5 Å². The highest BCUT2D eigenvalue weighted by atomic mass is 35.5. The van der Waals surface area contributed by atoms with Gasteiger partial charge < -0.3 is 4.74 Å². The van der Waals surface area contributed by atoms with Gasteiger partial charge in [0.1, 0.15) is 0 Å². The van der Waals surface area contributed by atoms with Gasteiger partial charge in [0.05, 0.1) is 0 Å². The van der Waals surface area contributed by atoms with E-state index < -0.39 is 0 Å². The molecule has 86 valence electrons. The third-order valence-corrected chi connectivity index (χ3v) is 3.14. The molecule has 0 radical (unpaired) electrons. The number of ketones is 1. The van der Waals surface area contributed by atoms with Crippen molar-refractivity contribution in [3.63, 3.8) is 0 Å². The van der Waals surface area contributed by atoms with Crippen LogP contribution >= 0.6 is 11.6 Å². The first-order valence-corrected chi connectivity index (χ1v) is 5.94. The maximum Gasteiger partial charge on any atom is 0.166 e. The van der Waals surface area contributed by atoms with E-state index in [0.717, 1.165) is 24.0 Å². The molecule has 0 aliphatic carbocycles. The molecule has 0 aromatic heterocycles. The van der Waals surface area contributed by atoms with Gasteiger partial charge in [-0.2, -0.15) is 0 Å². The van der Waals surface area contributed by atoms with Gasteiger partial charge in [0.15, 0.2) is 5.78 Å². The van der Waals surface area contributed by atoms with Crippen LogP contribution in [0.3, 0.4) is 0 Å². The topological polar surface area (TPSA) is 26.3 Å². The van der Waals surface area contributed by atoms with Crippen LogP contribution in [0.5, 0.6) is 0 Å². The number of halogens is 1. The highest BCUT2D eigenvalue weighted by Gasteiger charge is 2.22. The second-order valence-electron chi connectivity index (χ2n) is 4.27. The minimum atomic E-state index is 0.103. The van der Waals surface area contributed by atoms with Crippen molar-refractivity contribution in [2.45, 2.75) is 19.8 Å².